The Hall–Kier alpha value is -0.410. The molecule has 1 nitrogen and oxygen atoms in total. The van der Waals surface area contributed by atoms with Gasteiger partial charge in [-0.3, -0.25) is 4.79 Å². The molecule has 0 bridgehead atoms. The van der Waals surface area contributed by atoms with Gasteiger partial charge in [-0.05, 0) is 40.2 Å². The number of carbonyl (C=O) groups is 1. The number of unbranched alkanes of at least 4 members (excludes halogenated alkanes) is 1. The normalized spacial score (nSPS) is 9.92. The lowest BCUT2D eigenvalue weighted by atomic mass is 10.1. The molecule has 0 saturated carbocycles. The van der Waals surface area contributed by atoms with Crippen LogP contribution in [-0.4, -0.2) is 5.78 Å². The van der Waals surface area contributed by atoms with Gasteiger partial charge in [0.15, 0.2) is 5.78 Å². The molecule has 0 aliphatic heterocycles. The van der Waals surface area contributed by atoms with Gasteiger partial charge in [-0.25, -0.2) is 0 Å². The summed E-state index contributed by atoms with van der Waals surface area (Å²) in [5.41, 5.74) is 0. The maximum atomic E-state index is 11.5. The van der Waals surface area contributed by atoms with Crippen LogP contribution in [0.15, 0.2) is 28.6 Å². The van der Waals surface area contributed by atoms with Gasteiger partial charge in [0.1, 0.15) is 0 Å². The summed E-state index contributed by atoms with van der Waals surface area (Å²) in [5, 5.41) is 1.92. The zero-order valence-corrected chi connectivity index (χ0v) is 9.66. The highest BCUT2D eigenvalue weighted by molar-refractivity contribution is 9.10. The standard InChI is InChI=1S/C10H11BrOS/c1-2-3-4-5-9(12)10-8(11)6-7-13-10/h2,6-7H,1,3-5H2. The number of hydrogen-bond donors (Lipinski definition) is 0. The van der Waals surface area contributed by atoms with E-state index in [2.05, 4.69) is 22.5 Å². The van der Waals surface area contributed by atoms with Gasteiger partial charge < -0.3 is 0 Å². The highest BCUT2D eigenvalue weighted by atomic mass is 79.9. The Labute approximate surface area is 90.6 Å². The zero-order valence-electron chi connectivity index (χ0n) is 7.25. The monoisotopic (exact) mass is 258 g/mol. The molecule has 0 amide bonds. The minimum Gasteiger partial charge on any atom is -0.293 e. The van der Waals surface area contributed by atoms with Crippen LogP contribution in [0, 0.1) is 0 Å². The lowest BCUT2D eigenvalue weighted by molar-refractivity contribution is 0.0983. The summed E-state index contributed by atoms with van der Waals surface area (Å²) < 4.78 is 0.918. The van der Waals surface area contributed by atoms with Crippen molar-refractivity contribution in [1.82, 2.24) is 0 Å². The number of carbonyl (C=O) groups excluding carboxylic acids is 1. The van der Waals surface area contributed by atoms with Gasteiger partial charge in [0.25, 0.3) is 0 Å². The maximum absolute atomic E-state index is 11.5. The average Bonchev–Trinajstić information content (AvgIpc) is 2.52. The van der Waals surface area contributed by atoms with Crippen molar-refractivity contribution < 1.29 is 4.79 Å². The fraction of sp³-hybridized carbons (Fsp3) is 0.300. The molecule has 1 aromatic heterocycles. The molecule has 0 aliphatic rings. The van der Waals surface area contributed by atoms with Crippen molar-refractivity contribution >= 4 is 33.0 Å². The van der Waals surface area contributed by atoms with Crippen LogP contribution in [0.25, 0.3) is 0 Å². The number of ketones is 1. The van der Waals surface area contributed by atoms with Crippen LogP contribution in [-0.2, 0) is 0 Å². The molecule has 70 valence electrons. The number of halogens is 1. The Balaban J connectivity index is 2.49. The highest BCUT2D eigenvalue weighted by Gasteiger charge is 2.10. The molecule has 0 aliphatic carbocycles. The first-order valence-electron chi connectivity index (χ1n) is 4.12. The fourth-order valence-corrected chi connectivity index (χ4v) is 2.58. The molecule has 0 N–H and O–H groups in total. The Morgan fingerprint density at radius 2 is 2.46 bits per heavy atom. The molecule has 0 fully saturated rings. The van der Waals surface area contributed by atoms with Crippen molar-refractivity contribution in [3.05, 3.63) is 33.5 Å². The van der Waals surface area contributed by atoms with E-state index in [1.165, 1.54) is 11.3 Å². The second-order valence-electron chi connectivity index (χ2n) is 2.70. The summed E-state index contributed by atoms with van der Waals surface area (Å²) in [4.78, 5) is 12.4. The van der Waals surface area contributed by atoms with Crippen molar-refractivity contribution in [3.63, 3.8) is 0 Å². The second kappa shape index (κ2) is 5.35. The number of hydrogen-bond acceptors (Lipinski definition) is 2. The van der Waals surface area contributed by atoms with E-state index >= 15 is 0 Å². The van der Waals surface area contributed by atoms with Gasteiger partial charge in [-0.15, -0.1) is 17.9 Å². The minimum absolute atomic E-state index is 0.226. The topological polar surface area (TPSA) is 17.1 Å². The van der Waals surface area contributed by atoms with Gasteiger partial charge in [-0.2, -0.15) is 0 Å². The quantitative estimate of drug-likeness (QED) is 0.443. The molecule has 0 saturated heterocycles. The predicted molar refractivity (Wildman–Crippen MR) is 60.4 cm³/mol. The first-order valence-corrected chi connectivity index (χ1v) is 5.80. The largest absolute Gasteiger partial charge is 0.293 e. The van der Waals surface area contributed by atoms with Crippen LogP contribution in [0.4, 0.5) is 0 Å². The van der Waals surface area contributed by atoms with E-state index in [9.17, 15) is 4.79 Å². The van der Waals surface area contributed by atoms with Gasteiger partial charge in [0.05, 0.1) is 4.88 Å². The molecule has 0 unspecified atom stereocenters. The van der Waals surface area contributed by atoms with E-state index in [1.807, 2.05) is 17.5 Å². The summed E-state index contributed by atoms with van der Waals surface area (Å²) in [6, 6.07) is 1.91. The minimum atomic E-state index is 0.226. The third kappa shape index (κ3) is 3.08. The summed E-state index contributed by atoms with van der Waals surface area (Å²) in [7, 11) is 0. The summed E-state index contributed by atoms with van der Waals surface area (Å²) in [6.07, 6.45) is 4.27. The molecule has 13 heavy (non-hydrogen) atoms. The Morgan fingerprint density at radius 3 is 3.00 bits per heavy atom. The lowest BCUT2D eigenvalue weighted by Crippen LogP contribution is -1.95. The average molecular weight is 259 g/mol. The van der Waals surface area contributed by atoms with E-state index in [-0.39, 0.29) is 5.78 Å². The van der Waals surface area contributed by atoms with Crippen LogP contribution in [0.5, 0.6) is 0 Å². The molecule has 1 rings (SSSR count). The highest BCUT2D eigenvalue weighted by Crippen LogP contribution is 2.24. The predicted octanol–water partition coefficient (Wildman–Crippen LogP) is 4.05. The van der Waals surface area contributed by atoms with Gasteiger partial charge in [0, 0.05) is 10.9 Å². The van der Waals surface area contributed by atoms with E-state index in [0.717, 1.165) is 22.2 Å². The first kappa shape index (κ1) is 10.7. The summed E-state index contributed by atoms with van der Waals surface area (Å²) >= 11 is 4.84. The van der Waals surface area contributed by atoms with Crippen molar-refractivity contribution in [2.24, 2.45) is 0 Å². The van der Waals surface area contributed by atoms with Crippen LogP contribution in [0.3, 0.4) is 0 Å². The number of Topliss-reactive ketones (excluding diaryl/α,β-unsaturated/α-hetero) is 1. The van der Waals surface area contributed by atoms with Gasteiger partial charge in [0.2, 0.25) is 0 Å². The second-order valence-corrected chi connectivity index (χ2v) is 4.47. The fourth-order valence-electron chi connectivity index (χ4n) is 1.01. The van der Waals surface area contributed by atoms with Crippen LogP contribution in [0.1, 0.15) is 28.9 Å². The molecule has 0 atom stereocenters. The molecule has 0 spiro atoms. The van der Waals surface area contributed by atoms with E-state index < -0.39 is 0 Å². The Morgan fingerprint density at radius 1 is 1.69 bits per heavy atom. The summed E-state index contributed by atoms with van der Waals surface area (Å²) in [5.74, 6) is 0.226. The smallest absolute Gasteiger partial charge is 0.173 e. The molecule has 0 aromatic carbocycles. The van der Waals surface area contributed by atoms with E-state index in [0.29, 0.717) is 6.42 Å². The van der Waals surface area contributed by atoms with Crippen LogP contribution in [0.2, 0.25) is 0 Å². The van der Waals surface area contributed by atoms with Crippen molar-refractivity contribution in [2.75, 3.05) is 0 Å². The Bertz CT molecular complexity index is 304. The van der Waals surface area contributed by atoms with E-state index in [1.54, 1.807) is 0 Å². The number of thiophene rings is 1. The molecular weight excluding hydrogens is 248 g/mol. The van der Waals surface area contributed by atoms with Crippen LogP contribution < -0.4 is 0 Å². The van der Waals surface area contributed by atoms with Gasteiger partial charge in [-0.1, -0.05) is 6.08 Å². The van der Waals surface area contributed by atoms with Crippen molar-refractivity contribution in [2.45, 2.75) is 19.3 Å². The lowest BCUT2D eigenvalue weighted by Gasteiger charge is -1.96. The zero-order chi connectivity index (χ0) is 9.68. The van der Waals surface area contributed by atoms with Crippen molar-refractivity contribution in [1.29, 1.82) is 0 Å². The molecule has 3 heteroatoms. The molecular formula is C10H11BrOS. The molecule has 1 heterocycles. The van der Waals surface area contributed by atoms with Crippen LogP contribution >= 0.6 is 27.3 Å². The Kier molecular flexibility index (Phi) is 4.39. The molecule has 0 radical (unpaired) electrons. The van der Waals surface area contributed by atoms with Gasteiger partial charge >= 0.3 is 0 Å². The third-order valence-electron chi connectivity index (χ3n) is 1.68. The van der Waals surface area contributed by atoms with E-state index in [4.69, 9.17) is 0 Å². The molecule has 1 aromatic rings. The number of allylic oxidation sites excluding steroid dienone is 1. The maximum Gasteiger partial charge on any atom is 0.173 e. The van der Waals surface area contributed by atoms with Crippen molar-refractivity contribution in [3.8, 4) is 0 Å². The summed E-state index contributed by atoms with van der Waals surface area (Å²) in [6.45, 7) is 3.62. The number of rotatable bonds is 5. The SMILES string of the molecule is C=CCCCC(=O)c1sccc1Br. The first-order chi connectivity index (χ1) is 6.25. The third-order valence-corrected chi connectivity index (χ3v) is 3.56.